The molecule has 0 fully saturated rings. The molecular formula is C18H28FN. The molecule has 1 aromatic rings. The molecule has 1 aromatic carbocycles. The van der Waals surface area contributed by atoms with Crippen molar-refractivity contribution in [3.8, 4) is 0 Å². The van der Waals surface area contributed by atoms with Gasteiger partial charge in [-0.2, -0.15) is 0 Å². The summed E-state index contributed by atoms with van der Waals surface area (Å²) < 4.78 is 13.0. The van der Waals surface area contributed by atoms with Gasteiger partial charge in [-0.1, -0.05) is 44.6 Å². The Labute approximate surface area is 123 Å². The zero-order chi connectivity index (χ0) is 15.1. The molecule has 0 aliphatic rings. The highest BCUT2D eigenvalue weighted by molar-refractivity contribution is 5.20. The van der Waals surface area contributed by atoms with Crippen LogP contribution in [0, 0.1) is 11.7 Å². The van der Waals surface area contributed by atoms with Crippen LogP contribution in [-0.2, 0) is 0 Å². The highest BCUT2D eigenvalue weighted by Crippen LogP contribution is 2.22. The van der Waals surface area contributed by atoms with E-state index in [4.69, 9.17) is 0 Å². The summed E-state index contributed by atoms with van der Waals surface area (Å²) in [5.41, 5.74) is 2.53. The van der Waals surface area contributed by atoms with Crippen LogP contribution in [-0.4, -0.2) is 12.6 Å². The molecule has 1 nitrogen and oxygen atoms in total. The van der Waals surface area contributed by atoms with Crippen molar-refractivity contribution in [3.05, 3.63) is 47.3 Å². The van der Waals surface area contributed by atoms with E-state index in [0.717, 1.165) is 13.0 Å². The number of allylic oxidation sites excluding steroid dienone is 1. The van der Waals surface area contributed by atoms with Crippen LogP contribution < -0.4 is 5.32 Å². The van der Waals surface area contributed by atoms with Crippen LogP contribution in [0.15, 0.2) is 35.9 Å². The molecule has 0 aromatic heterocycles. The van der Waals surface area contributed by atoms with E-state index in [1.165, 1.54) is 11.1 Å². The summed E-state index contributed by atoms with van der Waals surface area (Å²) in [7, 11) is 0. The summed E-state index contributed by atoms with van der Waals surface area (Å²) >= 11 is 0. The van der Waals surface area contributed by atoms with Gasteiger partial charge in [-0.3, -0.25) is 0 Å². The number of hydrogen-bond acceptors (Lipinski definition) is 1. The maximum Gasteiger partial charge on any atom is 0.123 e. The molecule has 0 aliphatic carbocycles. The molecule has 0 heterocycles. The van der Waals surface area contributed by atoms with Gasteiger partial charge in [0.25, 0.3) is 0 Å². The lowest BCUT2D eigenvalue weighted by Crippen LogP contribution is -2.32. The van der Waals surface area contributed by atoms with Crippen LogP contribution in [0.1, 0.15) is 52.5 Å². The van der Waals surface area contributed by atoms with Gasteiger partial charge in [0.2, 0.25) is 0 Å². The third-order valence-corrected chi connectivity index (χ3v) is 3.37. The predicted octanol–water partition coefficient (Wildman–Crippen LogP) is 4.90. The standard InChI is InChI=1S/C18H28FN/c1-13(2)10-18(20-12-14(3)4)11-15(5)16-6-8-17(19)9-7-16/h6-10,14-15,18,20H,11-12H2,1-5H3. The summed E-state index contributed by atoms with van der Waals surface area (Å²) in [6.45, 7) is 11.9. The monoisotopic (exact) mass is 277 g/mol. The van der Waals surface area contributed by atoms with Crippen molar-refractivity contribution in [2.24, 2.45) is 5.92 Å². The van der Waals surface area contributed by atoms with E-state index in [1.807, 2.05) is 12.1 Å². The predicted molar refractivity (Wildman–Crippen MR) is 85.5 cm³/mol. The quantitative estimate of drug-likeness (QED) is 0.699. The number of nitrogens with one attached hydrogen (secondary N) is 1. The van der Waals surface area contributed by atoms with Crippen LogP contribution in [0.3, 0.4) is 0 Å². The Bertz CT molecular complexity index is 416. The minimum Gasteiger partial charge on any atom is -0.310 e. The molecule has 20 heavy (non-hydrogen) atoms. The van der Waals surface area contributed by atoms with Gasteiger partial charge in [-0.15, -0.1) is 0 Å². The Morgan fingerprint density at radius 3 is 2.25 bits per heavy atom. The summed E-state index contributed by atoms with van der Waals surface area (Å²) in [6.07, 6.45) is 3.33. The van der Waals surface area contributed by atoms with Gasteiger partial charge in [0.1, 0.15) is 5.82 Å². The highest BCUT2D eigenvalue weighted by Gasteiger charge is 2.13. The average Bonchev–Trinajstić information content (AvgIpc) is 2.36. The van der Waals surface area contributed by atoms with Crippen molar-refractivity contribution < 1.29 is 4.39 Å². The molecule has 0 spiro atoms. The fourth-order valence-electron chi connectivity index (χ4n) is 2.31. The molecule has 0 aliphatic heterocycles. The zero-order valence-corrected chi connectivity index (χ0v) is 13.4. The molecule has 0 amide bonds. The van der Waals surface area contributed by atoms with E-state index in [0.29, 0.717) is 17.9 Å². The molecule has 0 bridgehead atoms. The average molecular weight is 277 g/mol. The SMILES string of the molecule is CC(C)=CC(CC(C)c1ccc(F)cc1)NCC(C)C. The summed E-state index contributed by atoms with van der Waals surface area (Å²) in [6, 6.07) is 7.25. The van der Waals surface area contributed by atoms with Crippen molar-refractivity contribution in [1.29, 1.82) is 0 Å². The third kappa shape index (κ3) is 6.33. The van der Waals surface area contributed by atoms with Crippen molar-refractivity contribution in [2.75, 3.05) is 6.54 Å². The van der Waals surface area contributed by atoms with E-state index >= 15 is 0 Å². The maximum atomic E-state index is 13.0. The topological polar surface area (TPSA) is 12.0 Å². The lowest BCUT2D eigenvalue weighted by Gasteiger charge is -2.21. The molecule has 2 heteroatoms. The molecule has 2 unspecified atom stereocenters. The first-order chi connectivity index (χ1) is 9.38. The maximum absolute atomic E-state index is 13.0. The number of hydrogen-bond donors (Lipinski definition) is 1. The third-order valence-electron chi connectivity index (χ3n) is 3.37. The van der Waals surface area contributed by atoms with Crippen LogP contribution in [0.5, 0.6) is 0 Å². The first-order valence-electron chi connectivity index (χ1n) is 7.52. The lowest BCUT2D eigenvalue weighted by atomic mass is 9.93. The lowest BCUT2D eigenvalue weighted by molar-refractivity contribution is 0.468. The van der Waals surface area contributed by atoms with Crippen LogP contribution in [0.4, 0.5) is 4.39 Å². The van der Waals surface area contributed by atoms with Crippen molar-refractivity contribution >= 4 is 0 Å². The van der Waals surface area contributed by atoms with Gasteiger partial charge < -0.3 is 5.32 Å². The summed E-state index contributed by atoms with van der Waals surface area (Å²) in [5, 5.41) is 3.61. The van der Waals surface area contributed by atoms with E-state index in [-0.39, 0.29) is 5.82 Å². The smallest absolute Gasteiger partial charge is 0.123 e. The van der Waals surface area contributed by atoms with Crippen LogP contribution in [0.25, 0.3) is 0 Å². The van der Waals surface area contributed by atoms with Crippen molar-refractivity contribution in [2.45, 2.75) is 53.0 Å². The first-order valence-corrected chi connectivity index (χ1v) is 7.52. The Hall–Kier alpha value is -1.15. The number of halogens is 1. The zero-order valence-electron chi connectivity index (χ0n) is 13.4. The Morgan fingerprint density at radius 2 is 1.75 bits per heavy atom. The van der Waals surface area contributed by atoms with Gasteiger partial charge in [-0.05, 0) is 56.3 Å². The molecule has 112 valence electrons. The molecule has 0 saturated heterocycles. The van der Waals surface area contributed by atoms with Gasteiger partial charge in [-0.25, -0.2) is 4.39 Å². The number of benzene rings is 1. The van der Waals surface area contributed by atoms with Crippen molar-refractivity contribution in [3.63, 3.8) is 0 Å². The van der Waals surface area contributed by atoms with Gasteiger partial charge in [0.15, 0.2) is 0 Å². The summed E-state index contributed by atoms with van der Waals surface area (Å²) in [5.74, 6) is 0.889. The van der Waals surface area contributed by atoms with E-state index in [9.17, 15) is 4.39 Å². The van der Waals surface area contributed by atoms with E-state index < -0.39 is 0 Å². The van der Waals surface area contributed by atoms with Crippen LogP contribution >= 0.6 is 0 Å². The molecule has 0 radical (unpaired) electrons. The van der Waals surface area contributed by atoms with Crippen molar-refractivity contribution in [1.82, 2.24) is 5.32 Å². The summed E-state index contributed by atoms with van der Waals surface area (Å²) in [4.78, 5) is 0. The molecule has 2 atom stereocenters. The number of rotatable bonds is 7. The van der Waals surface area contributed by atoms with E-state index in [2.05, 4.69) is 46.0 Å². The Balaban J connectivity index is 2.67. The van der Waals surface area contributed by atoms with Gasteiger partial charge in [0, 0.05) is 6.04 Å². The van der Waals surface area contributed by atoms with Gasteiger partial charge >= 0.3 is 0 Å². The molecule has 1 N–H and O–H groups in total. The Morgan fingerprint density at radius 1 is 1.15 bits per heavy atom. The van der Waals surface area contributed by atoms with Gasteiger partial charge in [0.05, 0.1) is 0 Å². The first kappa shape index (κ1) is 16.9. The fourth-order valence-corrected chi connectivity index (χ4v) is 2.31. The molecule has 0 saturated carbocycles. The van der Waals surface area contributed by atoms with E-state index in [1.54, 1.807) is 12.1 Å². The second-order valence-electron chi connectivity index (χ2n) is 6.34. The largest absolute Gasteiger partial charge is 0.310 e. The minimum absolute atomic E-state index is 0.167. The van der Waals surface area contributed by atoms with Crippen LogP contribution in [0.2, 0.25) is 0 Å². The second-order valence-corrected chi connectivity index (χ2v) is 6.34. The molecular weight excluding hydrogens is 249 g/mol. The minimum atomic E-state index is -0.167. The second kappa shape index (κ2) is 8.21. The molecule has 1 rings (SSSR count). The Kier molecular flexibility index (Phi) is 6.94. The highest BCUT2D eigenvalue weighted by atomic mass is 19.1. The fraction of sp³-hybridized carbons (Fsp3) is 0.556. The normalized spacial score (nSPS) is 14.2.